The second kappa shape index (κ2) is 5.38. The van der Waals surface area contributed by atoms with Crippen molar-refractivity contribution in [1.82, 2.24) is 4.90 Å². The molecule has 0 aromatic rings. The molecule has 0 radical (unpaired) electrons. The van der Waals surface area contributed by atoms with E-state index in [0.717, 1.165) is 13.1 Å². The molecule has 0 atom stereocenters. The highest BCUT2D eigenvalue weighted by molar-refractivity contribution is 7.80. The Morgan fingerprint density at radius 1 is 1.38 bits per heavy atom. The zero-order valence-corrected chi connectivity index (χ0v) is 8.69. The van der Waals surface area contributed by atoms with E-state index < -0.39 is 0 Å². The van der Waals surface area contributed by atoms with E-state index in [0.29, 0.717) is 5.82 Å². The molecule has 0 spiro atoms. The topological polar surface area (TPSA) is 79.1 Å². The monoisotopic (exact) mass is 198 g/mol. The summed E-state index contributed by atoms with van der Waals surface area (Å²) in [6.45, 7) is 5.36. The van der Waals surface area contributed by atoms with Crippen molar-refractivity contribution in [3.05, 3.63) is 11.4 Å². The molecule has 5 heteroatoms. The maximum atomic E-state index is 8.72. The van der Waals surface area contributed by atoms with Crippen molar-refractivity contribution in [3.8, 4) is 6.07 Å². The summed E-state index contributed by atoms with van der Waals surface area (Å²) in [7, 11) is 0. The van der Waals surface area contributed by atoms with E-state index in [-0.39, 0.29) is 10.6 Å². The fraction of sp³-hybridized carbons (Fsp3) is 0.500. The molecule has 0 unspecified atom stereocenters. The van der Waals surface area contributed by atoms with Crippen molar-refractivity contribution < 1.29 is 0 Å². The predicted octanol–water partition coefficient (Wildman–Crippen LogP) is 0.308. The summed E-state index contributed by atoms with van der Waals surface area (Å²) in [5.41, 5.74) is 11.2. The summed E-state index contributed by atoms with van der Waals surface area (Å²) in [4.78, 5) is 1.88. The van der Waals surface area contributed by atoms with Crippen LogP contribution in [0, 0.1) is 11.3 Å². The Kier molecular flexibility index (Phi) is 4.85. The molecular weight excluding hydrogens is 184 g/mol. The summed E-state index contributed by atoms with van der Waals surface area (Å²) in [5, 5.41) is 8.72. The molecule has 0 heterocycles. The van der Waals surface area contributed by atoms with Crippen LogP contribution in [0.25, 0.3) is 0 Å². The Labute approximate surface area is 83.8 Å². The minimum Gasteiger partial charge on any atom is -0.389 e. The Morgan fingerprint density at radius 2 is 1.85 bits per heavy atom. The average Bonchev–Trinajstić information content (AvgIpc) is 2.07. The minimum atomic E-state index is 0.0481. The highest BCUT2D eigenvalue weighted by atomic mass is 32.1. The quantitative estimate of drug-likeness (QED) is 0.386. The lowest BCUT2D eigenvalue weighted by Crippen LogP contribution is -2.31. The molecule has 0 rings (SSSR count). The van der Waals surface area contributed by atoms with Gasteiger partial charge in [0.1, 0.15) is 22.5 Å². The molecule has 0 aliphatic rings. The van der Waals surface area contributed by atoms with E-state index in [9.17, 15) is 0 Å². The number of thiocarbonyl (C=S) groups is 1. The molecule has 4 nitrogen and oxygen atoms in total. The van der Waals surface area contributed by atoms with Crippen LogP contribution >= 0.6 is 12.2 Å². The van der Waals surface area contributed by atoms with Gasteiger partial charge in [0.05, 0.1) is 0 Å². The number of hydrogen-bond acceptors (Lipinski definition) is 4. The molecule has 0 aliphatic heterocycles. The van der Waals surface area contributed by atoms with Gasteiger partial charge in [-0.1, -0.05) is 12.2 Å². The molecule has 0 aromatic carbocycles. The number of hydrogen-bond donors (Lipinski definition) is 2. The maximum Gasteiger partial charge on any atom is 0.126 e. The zero-order chi connectivity index (χ0) is 10.4. The Balaban J connectivity index is 4.96. The second-order valence-electron chi connectivity index (χ2n) is 2.41. The molecule has 0 saturated carbocycles. The molecule has 0 saturated heterocycles. The lowest BCUT2D eigenvalue weighted by molar-refractivity contribution is 0.377. The normalized spacial score (nSPS) is 11.5. The van der Waals surface area contributed by atoms with Crippen molar-refractivity contribution in [2.75, 3.05) is 13.1 Å². The summed E-state index contributed by atoms with van der Waals surface area (Å²) in [5.74, 6) is 0.361. The average molecular weight is 198 g/mol. The highest BCUT2D eigenvalue weighted by Crippen LogP contribution is 2.04. The largest absolute Gasteiger partial charge is 0.389 e. The molecule has 0 amide bonds. The first-order valence-corrected chi connectivity index (χ1v) is 4.43. The van der Waals surface area contributed by atoms with Crippen molar-refractivity contribution in [1.29, 1.82) is 5.26 Å². The Bertz CT molecular complexity index is 260. The van der Waals surface area contributed by atoms with Gasteiger partial charge in [0.15, 0.2) is 0 Å². The molecule has 0 aliphatic carbocycles. The van der Waals surface area contributed by atoms with Gasteiger partial charge in [-0.05, 0) is 13.8 Å². The molecule has 72 valence electrons. The third-order valence-electron chi connectivity index (χ3n) is 1.72. The number of nitriles is 1. The van der Waals surface area contributed by atoms with Crippen molar-refractivity contribution in [2.24, 2.45) is 11.5 Å². The first kappa shape index (κ1) is 11.7. The number of rotatable bonds is 4. The Hall–Kier alpha value is -1.28. The predicted molar refractivity (Wildman–Crippen MR) is 56.5 cm³/mol. The van der Waals surface area contributed by atoms with E-state index >= 15 is 0 Å². The summed E-state index contributed by atoms with van der Waals surface area (Å²) in [6.07, 6.45) is 0. The van der Waals surface area contributed by atoms with Crippen molar-refractivity contribution in [3.63, 3.8) is 0 Å². The van der Waals surface area contributed by atoms with Gasteiger partial charge in [-0.2, -0.15) is 5.26 Å². The molecule has 0 aromatic heterocycles. The van der Waals surface area contributed by atoms with Crippen LogP contribution in [-0.2, 0) is 0 Å². The van der Waals surface area contributed by atoms with Gasteiger partial charge in [-0.3, -0.25) is 0 Å². The smallest absolute Gasteiger partial charge is 0.126 e. The first-order valence-electron chi connectivity index (χ1n) is 4.03. The van der Waals surface area contributed by atoms with Crippen LogP contribution in [0.5, 0.6) is 0 Å². The summed E-state index contributed by atoms with van der Waals surface area (Å²) in [6, 6.07) is 1.90. The number of nitrogens with two attached hydrogens (primary N) is 2. The fourth-order valence-corrected chi connectivity index (χ4v) is 1.11. The summed E-state index contributed by atoms with van der Waals surface area (Å²) >= 11 is 4.70. The van der Waals surface area contributed by atoms with Gasteiger partial charge < -0.3 is 16.4 Å². The van der Waals surface area contributed by atoms with Gasteiger partial charge in [-0.15, -0.1) is 0 Å². The van der Waals surface area contributed by atoms with E-state index in [2.05, 4.69) is 0 Å². The van der Waals surface area contributed by atoms with E-state index in [1.165, 1.54) is 0 Å². The molecule has 13 heavy (non-hydrogen) atoms. The van der Waals surface area contributed by atoms with Crippen LogP contribution in [0.15, 0.2) is 11.4 Å². The van der Waals surface area contributed by atoms with Crippen LogP contribution in [-0.4, -0.2) is 23.0 Å². The van der Waals surface area contributed by atoms with Crippen LogP contribution in [0.1, 0.15) is 13.8 Å². The number of nitrogens with zero attached hydrogens (tertiary/aromatic N) is 2. The molecular formula is C8H14N4S. The third kappa shape index (κ3) is 2.92. The van der Waals surface area contributed by atoms with E-state index in [1.54, 1.807) is 0 Å². The Morgan fingerprint density at radius 3 is 2.08 bits per heavy atom. The van der Waals surface area contributed by atoms with E-state index in [1.807, 2.05) is 24.8 Å². The molecule has 0 bridgehead atoms. The highest BCUT2D eigenvalue weighted by Gasteiger charge is 2.10. The van der Waals surface area contributed by atoms with Gasteiger partial charge >= 0.3 is 0 Å². The summed E-state index contributed by atoms with van der Waals surface area (Å²) < 4.78 is 0. The van der Waals surface area contributed by atoms with Gasteiger partial charge in [0.25, 0.3) is 0 Å². The van der Waals surface area contributed by atoms with Gasteiger partial charge in [-0.25, -0.2) is 0 Å². The first-order chi connectivity index (χ1) is 6.08. The minimum absolute atomic E-state index is 0.0481. The van der Waals surface area contributed by atoms with Crippen LogP contribution in [0.4, 0.5) is 0 Å². The van der Waals surface area contributed by atoms with Gasteiger partial charge in [0, 0.05) is 13.1 Å². The maximum absolute atomic E-state index is 8.72. The second-order valence-corrected chi connectivity index (χ2v) is 2.85. The van der Waals surface area contributed by atoms with Crippen LogP contribution < -0.4 is 11.5 Å². The molecule has 4 N–H and O–H groups in total. The fourth-order valence-electron chi connectivity index (χ4n) is 0.961. The SMILES string of the molecule is CCN(CC)C(N)=C(C#N)C(N)=S. The van der Waals surface area contributed by atoms with Crippen molar-refractivity contribution >= 4 is 17.2 Å². The van der Waals surface area contributed by atoms with E-state index in [4.69, 9.17) is 28.9 Å². The standard InChI is InChI=1S/C8H14N4S/c1-3-12(4-2)7(10)6(5-9)8(11)13/h3-4,10H2,1-2H3,(H2,11,13). The van der Waals surface area contributed by atoms with Crippen LogP contribution in [0.2, 0.25) is 0 Å². The molecule has 0 fully saturated rings. The lowest BCUT2D eigenvalue weighted by atomic mass is 10.2. The van der Waals surface area contributed by atoms with Crippen molar-refractivity contribution in [2.45, 2.75) is 13.8 Å². The third-order valence-corrected chi connectivity index (χ3v) is 1.92. The van der Waals surface area contributed by atoms with Gasteiger partial charge in [0.2, 0.25) is 0 Å². The van der Waals surface area contributed by atoms with Crippen LogP contribution in [0.3, 0.4) is 0 Å². The zero-order valence-electron chi connectivity index (χ0n) is 7.87. The lowest BCUT2D eigenvalue weighted by Gasteiger charge is -2.21.